The summed E-state index contributed by atoms with van der Waals surface area (Å²) >= 11 is 1.33. The first-order chi connectivity index (χ1) is 15.6. The van der Waals surface area contributed by atoms with Gasteiger partial charge in [0.05, 0.1) is 34.5 Å². The summed E-state index contributed by atoms with van der Waals surface area (Å²) in [5.74, 6) is -0.167. The average Bonchev–Trinajstić information content (AvgIpc) is 3.16. The van der Waals surface area contributed by atoms with Crippen LogP contribution in [0, 0.1) is 10.1 Å². The van der Waals surface area contributed by atoms with Crippen LogP contribution in [-0.4, -0.2) is 32.3 Å². The first kappa shape index (κ1) is 21.3. The molecule has 0 saturated carbocycles. The molecule has 32 heavy (non-hydrogen) atoms. The lowest BCUT2D eigenvalue weighted by Crippen LogP contribution is -2.20. The average molecular weight is 446 g/mol. The normalized spacial score (nSPS) is 11.1. The highest BCUT2D eigenvalue weighted by atomic mass is 32.2. The fourth-order valence-electron chi connectivity index (χ4n) is 3.14. The minimum atomic E-state index is -0.478. The molecule has 1 N–H and O–H groups in total. The molecular weight excluding hydrogens is 426 g/mol. The number of benzene rings is 3. The van der Waals surface area contributed by atoms with Gasteiger partial charge in [-0.25, -0.2) is 10.4 Å². The van der Waals surface area contributed by atoms with Crippen molar-refractivity contribution in [2.75, 3.05) is 5.75 Å². The van der Waals surface area contributed by atoms with Crippen LogP contribution in [0.3, 0.4) is 0 Å². The third-order valence-corrected chi connectivity index (χ3v) is 5.60. The highest BCUT2D eigenvalue weighted by Crippen LogP contribution is 2.25. The number of para-hydroxylation sites is 2. The summed E-state index contributed by atoms with van der Waals surface area (Å²) in [6, 6.07) is 24.0. The van der Waals surface area contributed by atoms with Gasteiger partial charge in [0, 0.05) is 17.7 Å². The summed E-state index contributed by atoms with van der Waals surface area (Å²) < 4.78 is 2.09. The van der Waals surface area contributed by atoms with Crippen LogP contribution in [0.1, 0.15) is 11.1 Å². The number of fused-ring (bicyclic) bond motifs is 1. The molecule has 0 atom stereocenters. The van der Waals surface area contributed by atoms with Crippen molar-refractivity contribution in [3.8, 4) is 0 Å². The summed E-state index contributed by atoms with van der Waals surface area (Å²) in [5, 5.41) is 15.5. The Balaban J connectivity index is 1.42. The molecule has 9 heteroatoms. The van der Waals surface area contributed by atoms with Crippen LogP contribution in [0.15, 0.2) is 89.1 Å². The third-order valence-electron chi connectivity index (χ3n) is 4.62. The Labute approximate surface area is 188 Å². The van der Waals surface area contributed by atoms with Gasteiger partial charge < -0.3 is 4.57 Å². The van der Waals surface area contributed by atoms with E-state index in [0.29, 0.717) is 12.1 Å². The highest BCUT2D eigenvalue weighted by molar-refractivity contribution is 7.99. The van der Waals surface area contributed by atoms with Gasteiger partial charge in [-0.2, -0.15) is 5.10 Å². The molecule has 4 rings (SSSR count). The molecule has 0 fully saturated rings. The van der Waals surface area contributed by atoms with E-state index in [2.05, 4.69) is 32.2 Å². The first-order valence-electron chi connectivity index (χ1n) is 9.78. The van der Waals surface area contributed by atoms with Gasteiger partial charge in [0.25, 0.3) is 11.6 Å². The molecule has 0 bridgehead atoms. The van der Waals surface area contributed by atoms with E-state index < -0.39 is 4.92 Å². The second kappa shape index (κ2) is 9.88. The number of nitro groups is 1. The SMILES string of the molecule is O=C(CSc1nc2ccccc2n1Cc1ccccc1)N/N=C\c1cccc([N+](=O)[O-])c1. The number of thioether (sulfide) groups is 1. The summed E-state index contributed by atoms with van der Waals surface area (Å²) in [5.41, 5.74) is 5.96. The molecule has 0 aliphatic rings. The van der Waals surface area contributed by atoms with E-state index in [1.165, 1.54) is 30.1 Å². The van der Waals surface area contributed by atoms with Crippen LogP contribution < -0.4 is 5.43 Å². The van der Waals surface area contributed by atoms with Crippen molar-refractivity contribution in [3.05, 3.63) is 100 Å². The van der Waals surface area contributed by atoms with E-state index >= 15 is 0 Å². The molecule has 0 radical (unpaired) electrons. The van der Waals surface area contributed by atoms with Crippen molar-refractivity contribution >= 4 is 40.6 Å². The van der Waals surface area contributed by atoms with Gasteiger partial charge in [-0.1, -0.05) is 66.4 Å². The van der Waals surface area contributed by atoms with Crippen molar-refractivity contribution in [2.45, 2.75) is 11.7 Å². The Morgan fingerprint density at radius 1 is 1.09 bits per heavy atom. The predicted octanol–water partition coefficient (Wildman–Crippen LogP) is 4.24. The summed E-state index contributed by atoms with van der Waals surface area (Å²) in [6.07, 6.45) is 1.38. The third kappa shape index (κ3) is 5.19. The van der Waals surface area contributed by atoms with Crippen LogP contribution >= 0.6 is 11.8 Å². The van der Waals surface area contributed by atoms with Crippen molar-refractivity contribution in [1.82, 2.24) is 15.0 Å². The molecule has 0 saturated heterocycles. The Morgan fingerprint density at radius 3 is 2.69 bits per heavy atom. The molecular formula is C23H19N5O3S. The number of rotatable bonds is 8. The van der Waals surface area contributed by atoms with Gasteiger partial charge in [-0.3, -0.25) is 14.9 Å². The largest absolute Gasteiger partial charge is 0.314 e. The van der Waals surface area contributed by atoms with E-state index in [1.807, 2.05) is 42.5 Å². The molecule has 0 aliphatic carbocycles. The zero-order valence-electron chi connectivity index (χ0n) is 16.9. The van der Waals surface area contributed by atoms with Crippen molar-refractivity contribution in [2.24, 2.45) is 5.10 Å². The second-order valence-electron chi connectivity index (χ2n) is 6.89. The number of hydrogen-bond acceptors (Lipinski definition) is 6. The molecule has 1 aromatic heterocycles. The fourth-order valence-corrected chi connectivity index (χ4v) is 3.95. The van der Waals surface area contributed by atoms with Crippen molar-refractivity contribution < 1.29 is 9.72 Å². The number of nitro benzene ring substituents is 1. The van der Waals surface area contributed by atoms with Gasteiger partial charge in [-0.05, 0) is 17.7 Å². The van der Waals surface area contributed by atoms with Gasteiger partial charge in [0.2, 0.25) is 0 Å². The Bertz CT molecular complexity index is 1290. The lowest BCUT2D eigenvalue weighted by Gasteiger charge is -2.09. The molecule has 1 heterocycles. The number of hydrazone groups is 1. The maximum atomic E-state index is 12.3. The Morgan fingerprint density at radius 2 is 1.88 bits per heavy atom. The zero-order chi connectivity index (χ0) is 22.3. The topological polar surface area (TPSA) is 102 Å². The lowest BCUT2D eigenvalue weighted by molar-refractivity contribution is -0.384. The van der Waals surface area contributed by atoms with E-state index in [0.717, 1.165) is 21.8 Å². The number of hydrogen-bond donors (Lipinski definition) is 1. The zero-order valence-corrected chi connectivity index (χ0v) is 17.7. The van der Waals surface area contributed by atoms with Gasteiger partial charge in [0.15, 0.2) is 5.16 Å². The maximum Gasteiger partial charge on any atom is 0.270 e. The fraction of sp³-hybridized carbons (Fsp3) is 0.0870. The first-order valence-corrected chi connectivity index (χ1v) is 10.8. The van der Waals surface area contributed by atoms with Gasteiger partial charge in [-0.15, -0.1) is 0 Å². The number of nitrogens with one attached hydrogen (secondary N) is 1. The number of non-ortho nitro benzene ring substituents is 1. The summed E-state index contributed by atoms with van der Waals surface area (Å²) in [6.45, 7) is 0.649. The Hall–Kier alpha value is -3.98. The van der Waals surface area contributed by atoms with Crippen LogP contribution in [0.4, 0.5) is 5.69 Å². The number of imidazole rings is 1. The number of amides is 1. The Kier molecular flexibility index (Phi) is 6.57. The molecule has 4 aromatic rings. The molecule has 3 aromatic carbocycles. The standard InChI is InChI=1S/C23H19N5O3S/c29-22(26-24-14-18-9-6-10-19(13-18)28(30)31)16-32-23-25-20-11-4-5-12-21(20)27(23)15-17-7-2-1-3-8-17/h1-14H,15-16H2,(H,26,29)/b24-14-. The summed E-state index contributed by atoms with van der Waals surface area (Å²) in [4.78, 5) is 27.3. The molecule has 1 amide bonds. The summed E-state index contributed by atoms with van der Waals surface area (Å²) in [7, 11) is 0. The highest BCUT2D eigenvalue weighted by Gasteiger charge is 2.13. The van der Waals surface area contributed by atoms with Gasteiger partial charge in [0.1, 0.15) is 0 Å². The lowest BCUT2D eigenvalue weighted by atomic mass is 10.2. The molecule has 8 nitrogen and oxygen atoms in total. The quantitative estimate of drug-likeness (QED) is 0.189. The monoisotopic (exact) mass is 445 g/mol. The maximum absolute atomic E-state index is 12.3. The molecule has 0 aliphatic heterocycles. The number of aromatic nitrogens is 2. The van der Waals surface area contributed by atoms with E-state index in [1.54, 1.807) is 12.1 Å². The molecule has 0 unspecified atom stereocenters. The van der Waals surface area contributed by atoms with Crippen LogP contribution in [0.25, 0.3) is 11.0 Å². The number of carbonyl (C=O) groups excluding carboxylic acids is 1. The molecule has 160 valence electrons. The van der Waals surface area contributed by atoms with Crippen molar-refractivity contribution in [3.63, 3.8) is 0 Å². The predicted molar refractivity (Wildman–Crippen MR) is 125 cm³/mol. The van der Waals surface area contributed by atoms with E-state index in [4.69, 9.17) is 0 Å². The van der Waals surface area contributed by atoms with Crippen molar-refractivity contribution in [1.29, 1.82) is 0 Å². The molecule has 0 spiro atoms. The van der Waals surface area contributed by atoms with Gasteiger partial charge >= 0.3 is 0 Å². The smallest absolute Gasteiger partial charge is 0.270 e. The number of carbonyl (C=O) groups is 1. The number of nitrogens with zero attached hydrogens (tertiary/aromatic N) is 4. The van der Waals surface area contributed by atoms with E-state index in [-0.39, 0.29) is 17.3 Å². The van der Waals surface area contributed by atoms with Crippen LogP contribution in [0.2, 0.25) is 0 Å². The minimum Gasteiger partial charge on any atom is -0.314 e. The minimum absolute atomic E-state index is 0.0341. The van der Waals surface area contributed by atoms with Crippen LogP contribution in [0.5, 0.6) is 0 Å². The van der Waals surface area contributed by atoms with E-state index in [9.17, 15) is 14.9 Å². The second-order valence-corrected chi connectivity index (χ2v) is 7.83. The van der Waals surface area contributed by atoms with Crippen LogP contribution in [-0.2, 0) is 11.3 Å².